The molecule has 2 aromatic carbocycles. The highest BCUT2D eigenvalue weighted by atomic mass is 19.1. The van der Waals surface area contributed by atoms with Gasteiger partial charge in [0, 0.05) is 30.9 Å². The zero-order chi connectivity index (χ0) is 17.1. The predicted octanol–water partition coefficient (Wildman–Crippen LogP) is 3.99. The Kier molecular flexibility index (Phi) is 4.79. The number of nitrogens with zero attached hydrogens (tertiary/aromatic N) is 1. The Balaban J connectivity index is 1.60. The number of rotatable bonds is 3. The first kappa shape index (κ1) is 16.4. The molecule has 0 spiro atoms. The van der Waals surface area contributed by atoms with E-state index in [2.05, 4.69) is 18.3 Å². The minimum atomic E-state index is -0.805. The maximum Gasteiger partial charge on any atom is 0.256 e. The molecule has 3 rings (SSSR count). The van der Waals surface area contributed by atoms with Crippen molar-refractivity contribution in [3.05, 3.63) is 65.2 Å². The molecular weight excluding hydrogens is 310 g/mol. The third-order valence-electron chi connectivity index (χ3n) is 4.45. The van der Waals surface area contributed by atoms with Crippen molar-refractivity contribution < 1.29 is 13.6 Å². The second kappa shape index (κ2) is 6.99. The molecule has 0 aromatic heterocycles. The molecule has 1 aliphatic heterocycles. The van der Waals surface area contributed by atoms with Crippen LogP contribution in [0.25, 0.3) is 0 Å². The fourth-order valence-electron chi connectivity index (χ4n) is 3.01. The van der Waals surface area contributed by atoms with Crippen molar-refractivity contribution in [2.75, 3.05) is 18.4 Å². The monoisotopic (exact) mass is 330 g/mol. The summed E-state index contributed by atoms with van der Waals surface area (Å²) < 4.78 is 26.7. The van der Waals surface area contributed by atoms with Gasteiger partial charge >= 0.3 is 0 Å². The number of carbonyl (C=O) groups is 1. The molecule has 1 fully saturated rings. The Bertz CT molecular complexity index is 740. The van der Waals surface area contributed by atoms with Gasteiger partial charge < -0.3 is 10.2 Å². The molecule has 1 heterocycles. The Morgan fingerprint density at radius 2 is 1.83 bits per heavy atom. The van der Waals surface area contributed by atoms with Crippen molar-refractivity contribution in [3.63, 3.8) is 0 Å². The van der Waals surface area contributed by atoms with Gasteiger partial charge in [0.2, 0.25) is 0 Å². The Morgan fingerprint density at radius 1 is 1.12 bits per heavy atom. The number of likely N-dealkylation sites (tertiary alicyclic amines) is 1. The number of nitrogens with one attached hydrogen (secondary N) is 1. The summed E-state index contributed by atoms with van der Waals surface area (Å²) in [6.45, 7) is 3.16. The quantitative estimate of drug-likeness (QED) is 0.923. The summed E-state index contributed by atoms with van der Waals surface area (Å²) in [5.74, 6) is -1.85. The first-order valence-corrected chi connectivity index (χ1v) is 8.11. The molecule has 1 aliphatic rings. The first-order chi connectivity index (χ1) is 11.5. The number of benzene rings is 2. The number of piperidine rings is 1. The normalized spacial score (nSPS) is 15.4. The van der Waals surface area contributed by atoms with Gasteiger partial charge in [-0.15, -0.1) is 0 Å². The lowest BCUT2D eigenvalue weighted by Crippen LogP contribution is -2.42. The molecule has 0 bridgehead atoms. The third kappa shape index (κ3) is 3.55. The van der Waals surface area contributed by atoms with E-state index < -0.39 is 11.6 Å². The Hall–Kier alpha value is -2.43. The van der Waals surface area contributed by atoms with Crippen LogP contribution in [0, 0.1) is 18.6 Å². The molecule has 5 heteroatoms. The summed E-state index contributed by atoms with van der Waals surface area (Å²) in [7, 11) is 0. The van der Waals surface area contributed by atoms with E-state index >= 15 is 0 Å². The van der Waals surface area contributed by atoms with Crippen molar-refractivity contribution in [1.82, 2.24) is 4.90 Å². The van der Waals surface area contributed by atoms with Gasteiger partial charge in [-0.2, -0.15) is 0 Å². The number of halogens is 2. The van der Waals surface area contributed by atoms with E-state index in [1.54, 1.807) is 4.90 Å². The number of hydrogen-bond donors (Lipinski definition) is 1. The van der Waals surface area contributed by atoms with Gasteiger partial charge in [0.05, 0.1) is 5.56 Å². The van der Waals surface area contributed by atoms with Crippen LogP contribution in [-0.4, -0.2) is 29.9 Å². The number of para-hydroxylation sites is 1. The van der Waals surface area contributed by atoms with Crippen LogP contribution in [0.5, 0.6) is 0 Å². The standard InChI is InChI=1S/C19H20F2N2O/c1-13-4-2-3-5-18(13)22-15-8-10-23(11-9-15)19(24)16-7-6-14(20)12-17(16)21/h2-7,12,15,22H,8-11H2,1H3. The molecule has 24 heavy (non-hydrogen) atoms. The van der Waals surface area contributed by atoms with Crippen molar-refractivity contribution in [2.24, 2.45) is 0 Å². The van der Waals surface area contributed by atoms with Gasteiger partial charge in [0.15, 0.2) is 0 Å². The highest BCUT2D eigenvalue weighted by molar-refractivity contribution is 5.94. The van der Waals surface area contributed by atoms with Crippen molar-refractivity contribution >= 4 is 11.6 Å². The molecule has 126 valence electrons. The molecule has 0 atom stereocenters. The Labute approximate surface area is 140 Å². The molecule has 0 radical (unpaired) electrons. The topological polar surface area (TPSA) is 32.3 Å². The summed E-state index contributed by atoms with van der Waals surface area (Å²) in [6.07, 6.45) is 1.59. The van der Waals surface area contributed by atoms with E-state index in [0.29, 0.717) is 13.1 Å². The summed E-state index contributed by atoms with van der Waals surface area (Å²) in [5, 5.41) is 3.51. The maximum absolute atomic E-state index is 13.8. The summed E-state index contributed by atoms with van der Waals surface area (Å²) in [6, 6.07) is 11.4. The molecule has 1 saturated heterocycles. The molecule has 0 aliphatic carbocycles. The number of hydrogen-bond acceptors (Lipinski definition) is 2. The zero-order valence-electron chi connectivity index (χ0n) is 13.6. The van der Waals surface area contributed by atoms with Crippen molar-refractivity contribution in [2.45, 2.75) is 25.8 Å². The fraction of sp³-hybridized carbons (Fsp3) is 0.316. The average molecular weight is 330 g/mol. The summed E-state index contributed by atoms with van der Waals surface area (Å²) in [4.78, 5) is 14.0. The number of anilines is 1. The summed E-state index contributed by atoms with van der Waals surface area (Å²) in [5.41, 5.74) is 2.22. The van der Waals surface area contributed by atoms with E-state index in [1.807, 2.05) is 18.2 Å². The van der Waals surface area contributed by atoms with Crippen molar-refractivity contribution in [1.29, 1.82) is 0 Å². The highest BCUT2D eigenvalue weighted by Crippen LogP contribution is 2.21. The molecular formula is C19H20F2N2O. The first-order valence-electron chi connectivity index (χ1n) is 8.11. The van der Waals surface area contributed by atoms with Crippen LogP contribution in [-0.2, 0) is 0 Å². The summed E-state index contributed by atoms with van der Waals surface area (Å²) >= 11 is 0. The minimum Gasteiger partial charge on any atom is -0.382 e. The van der Waals surface area contributed by atoms with Crippen LogP contribution in [0.1, 0.15) is 28.8 Å². The van der Waals surface area contributed by atoms with Crippen LogP contribution < -0.4 is 5.32 Å². The lowest BCUT2D eigenvalue weighted by molar-refractivity contribution is 0.0713. The average Bonchev–Trinajstić information content (AvgIpc) is 2.57. The second-order valence-electron chi connectivity index (χ2n) is 6.15. The van der Waals surface area contributed by atoms with Crippen LogP contribution in [0.2, 0.25) is 0 Å². The lowest BCUT2D eigenvalue weighted by Gasteiger charge is -2.33. The lowest BCUT2D eigenvalue weighted by atomic mass is 10.0. The van der Waals surface area contributed by atoms with Gasteiger partial charge in [-0.25, -0.2) is 8.78 Å². The van der Waals surface area contributed by atoms with Crippen molar-refractivity contribution in [3.8, 4) is 0 Å². The van der Waals surface area contributed by atoms with E-state index in [1.165, 1.54) is 11.6 Å². The van der Waals surface area contributed by atoms with Gasteiger partial charge in [0.1, 0.15) is 11.6 Å². The van der Waals surface area contributed by atoms with Crippen LogP contribution >= 0.6 is 0 Å². The zero-order valence-corrected chi connectivity index (χ0v) is 13.6. The molecule has 1 N–H and O–H groups in total. The predicted molar refractivity (Wildman–Crippen MR) is 90.1 cm³/mol. The van der Waals surface area contributed by atoms with Gasteiger partial charge in [-0.1, -0.05) is 18.2 Å². The minimum absolute atomic E-state index is 0.0679. The molecule has 3 nitrogen and oxygen atoms in total. The molecule has 1 amide bonds. The van der Waals surface area contributed by atoms with E-state index in [4.69, 9.17) is 0 Å². The van der Waals surface area contributed by atoms with E-state index in [-0.39, 0.29) is 17.5 Å². The van der Waals surface area contributed by atoms with E-state index in [9.17, 15) is 13.6 Å². The number of amides is 1. The highest BCUT2D eigenvalue weighted by Gasteiger charge is 2.25. The Morgan fingerprint density at radius 3 is 2.50 bits per heavy atom. The molecule has 0 unspecified atom stereocenters. The molecule has 0 saturated carbocycles. The van der Waals surface area contributed by atoms with Gasteiger partial charge in [-0.3, -0.25) is 4.79 Å². The number of carbonyl (C=O) groups excluding carboxylic acids is 1. The van der Waals surface area contributed by atoms with E-state index in [0.717, 1.165) is 30.7 Å². The SMILES string of the molecule is Cc1ccccc1NC1CCN(C(=O)c2ccc(F)cc2F)CC1. The van der Waals surface area contributed by atoms with Crippen LogP contribution in [0.4, 0.5) is 14.5 Å². The molecule has 2 aromatic rings. The van der Waals surface area contributed by atoms with Gasteiger partial charge in [-0.05, 0) is 43.5 Å². The largest absolute Gasteiger partial charge is 0.382 e. The van der Waals surface area contributed by atoms with Gasteiger partial charge in [0.25, 0.3) is 5.91 Å². The second-order valence-corrected chi connectivity index (χ2v) is 6.15. The number of aryl methyl sites for hydroxylation is 1. The maximum atomic E-state index is 13.8. The smallest absolute Gasteiger partial charge is 0.256 e. The van der Waals surface area contributed by atoms with Crippen LogP contribution in [0.15, 0.2) is 42.5 Å². The third-order valence-corrected chi connectivity index (χ3v) is 4.45. The fourth-order valence-corrected chi connectivity index (χ4v) is 3.01. The van der Waals surface area contributed by atoms with Crippen LogP contribution in [0.3, 0.4) is 0 Å².